The third-order valence-electron chi connectivity index (χ3n) is 8.43. The van der Waals surface area contributed by atoms with Crippen LogP contribution in [0.2, 0.25) is 0 Å². The number of hydrogen-bond acceptors (Lipinski definition) is 6. The minimum atomic E-state index is -2.23. The van der Waals surface area contributed by atoms with Crippen LogP contribution in [0, 0.1) is 22.7 Å². The number of aliphatic hydroxyl groups excluding tert-OH is 3. The van der Waals surface area contributed by atoms with Gasteiger partial charge < -0.3 is 20.4 Å². The van der Waals surface area contributed by atoms with E-state index in [0.29, 0.717) is 18.4 Å². The summed E-state index contributed by atoms with van der Waals surface area (Å²) in [6, 6.07) is 0. The molecular formula is C21H27FO6. The molecule has 4 aliphatic rings. The lowest BCUT2D eigenvalue weighted by atomic mass is 9.44. The van der Waals surface area contributed by atoms with Gasteiger partial charge in [0.25, 0.3) is 0 Å². The first-order valence-electron chi connectivity index (χ1n) is 9.82. The van der Waals surface area contributed by atoms with Crippen LogP contribution >= 0.6 is 0 Å². The second kappa shape index (κ2) is 5.81. The number of fused-ring (bicyclic) bond motifs is 5. The van der Waals surface area contributed by atoms with Crippen molar-refractivity contribution in [3.63, 3.8) is 0 Å². The van der Waals surface area contributed by atoms with E-state index in [-0.39, 0.29) is 18.6 Å². The van der Waals surface area contributed by atoms with Crippen LogP contribution in [0.5, 0.6) is 0 Å². The van der Waals surface area contributed by atoms with E-state index >= 15 is 4.39 Å². The average molecular weight is 394 g/mol. The molecule has 3 fully saturated rings. The van der Waals surface area contributed by atoms with Gasteiger partial charge in [-0.05, 0) is 50.7 Å². The Morgan fingerprint density at radius 2 is 1.93 bits per heavy atom. The van der Waals surface area contributed by atoms with Crippen LogP contribution in [0.4, 0.5) is 4.39 Å². The van der Waals surface area contributed by atoms with E-state index in [9.17, 15) is 30.0 Å². The summed E-state index contributed by atoms with van der Waals surface area (Å²) < 4.78 is 16.8. The van der Waals surface area contributed by atoms with Gasteiger partial charge in [0.1, 0.15) is 6.61 Å². The molecule has 4 N–H and O–H groups in total. The Morgan fingerprint density at radius 3 is 2.57 bits per heavy atom. The van der Waals surface area contributed by atoms with Gasteiger partial charge in [0.05, 0.1) is 12.2 Å². The average Bonchev–Trinajstić information content (AvgIpc) is 2.84. The molecule has 3 saturated carbocycles. The number of ketones is 2. The zero-order valence-electron chi connectivity index (χ0n) is 16.1. The summed E-state index contributed by atoms with van der Waals surface area (Å²) in [5.41, 5.74) is -6.12. The number of hydrogen-bond donors (Lipinski definition) is 4. The smallest absolute Gasteiger partial charge is 0.192 e. The lowest BCUT2D eigenvalue weighted by Gasteiger charge is -2.62. The molecule has 1 unspecified atom stereocenters. The lowest BCUT2D eigenvalue weighted by Crippen LogP contribution is -2.69. The van der Waals surface area contributed by atoms with E-state index in [0.717, 1.165) is 0 Å². The molecule has 0 aromatic carbocycles. The molecule has 0 radical (unpaired) electrons. The molecule has 4 rings (SSSR count). The number of aliphatic hydroxyl groups is 4. The SMILES string of the molecule is C[C@]12C=CC(=O)C=C1CC[C@H]1[C@@H]3C[C@@H](O)[C@](O)(C(=O)CO)[C@@]3(C)C[C@H](O)C12F. The first kappa shape index (κ1) is 19.9. The second-order valence-corrected chi connectivity index (χ2v) is 9.36. The number of carbonyl (C=O) groups is 2. The van der Waals surface area contributed by atoms with Crippen molar-refractivity contribution in [1.29, 1.82) is 0 Å². The molecule has 8 atom stereocenters. The van der Waals surface area contributed by atoms with Gasteiger partial charge in [-0.2, -0.15) is 0 Å². The van der Waals surface area contributed by atoms with Gasteiger partial charge in [0, 0.05) is 16.7 Å². The largest absolute Gasteiger partial charge is 0.390 e. The summed E-state index contributed by atoms with van der Waals surface area (Å²) in [7, 11) is 0. The molecular weight excluding hydrogens is 367 g/mol. The van der Waals surface area contributed by atoms with Gasteiger partial charge in [-0.1, -0.05) is 18.6 Å². The van der Waals surface area contributed by atoms with Crippen molar-refractivity contribution in [1.82, 2.24) is 0 Å². The molecule has 154 valence electrons. The standard InChI is InChI=1S/C21H27FO6/c1-18-6-5-12(24)7-11(18)3-4-13-14-8-15(25)21(28,17(27)10-23)19(14,2)9-16(26)20(13,18)22/h5-7,13-16,23,25-26,28H,3-4,8-10H2,1-2H3/t13-,14-,15+,16-,18-,19-,20?,21-/m0/s1. The molecule has 0 aromatic rings. The van der Waals surface area contributed by atoms with Crippen LogP contribution in [0.3, 0.4) is 0 Å². The van der Waals surface area contributed by atoms with Gasteiger partial charge in [-0.3, -0.25) is 9.59 Å². The molecule has 0 aliphatic heterocycles. The number of rotatable bonds is 2. The molecule has 0 spiro atoms. The summed E-state index contributed by atoms with van der Waals surface area (Å²) in [6.45, 7) is 2.33. The van der Waals surface area contributed by atoms with Crippen molar-refractivity contribution in [2.24, 2.45) is 22.7 Å². The zero-order valence-corrected chi connectivity index (χ0v) is 16.1. The Morgan fingerprint density at radius 1 is 1.25 bits per heavy atom. The van der Waals surface area contributed by atoms with Crippen LogP contribution in [-0.2, 0) is 9.59 Å². The fourth-order valence-corrected chi connectivity index (χ4v) is 6.85. The van der Waals surface area contributed by atoms with Gasteiger partial charge in [-0.15, -0.1) is 0 Å². The van der Waals surface area contributed by atoms with E-state index in [1.54, 1.807) is 13.8 Å². The van der Waals surface area contributed by atoms with Gasteiger partial charge in [-0.25, -0.2) is 4.39 Å². The number of carbonyl (C=O) groups excluding carboxylic acids is 2. The predicted octanol–water partition coefficient (Wildman–Crippen LogP) is 0.620. The Bertz CT molecular complexity index is 807. The van der Waals surface area contributed by atoms with Crippen LogP contribution in [-0.4, -0.2) is 62.1 Å². The summed E-state index contributed by atoms with van der Waals surface area (Å²) in [5, 5.41) is 42.1. The second-order valence-electron chi connectivity index (χ2n) is 9.36. The number of alkyl halides is 1. The highest BCUT2D eigenvalue weighted by Gasteiger charge is 2.76. The topological polar surface area (TPSA) is 115 Å². The molecule has 6 nitrogen and oxygen atoms in total. The molecule has 0 aromatic heterocycles. The number of allylic oxidation sites excluding steroid dienone is 4. The van der Waals surface area contributed by atoms with E-state index in [2.05, 4.69) is 0 Å². The first-order chi connectivity index (χ1) is 13.0. The highest BCUT2D eigenvalue weighted by Crippen LogP contribution is 2.69. The summed E-state index contributed by atoms with van der Waals surface area (Å²) >= 11 is 0. The van der Waals surface area contributed by atoms with E-state index in [1.165, 1.54) is 18.2 Å². The van der Waals surface area contributed by atoms with E-state index < -0.39 is 58.5 Å². The minimum absolute atomic E-state index is 0.0135. The molecule has 28 heavy (non-hydrogen) atoms. The lowest BCUT2D eigenvalue weighted by molar-refractivity contribution is -0.222. The summed E-state index contributed by atoms with van der Waals surface area (Å²) in [5.74, 6) is -2.38. The molecule has 0 heterocycles. The Hall–Kier alpha value is -1.41. The molecule has 4 aliphatic carbocycles. The molecule has 7 heteroatoms. The van der Waals surface area contributed by atoms with Gasteiger partial charge >= 0.3 is 0 Å². The van der Waals surface area contributed by atoms with Crippen molar-refractivity contribution < 1.29 is 34.4 Å². The van der Waals surface area contributed by atoms with Crippen LogP contribution < -0.4 is 0 Å². The van der Waals surface area contributed by atoms with E-state index in [4.69, 9.17) is 0 Å². The molecule has 0 amide bonds. The highest BCUT2D eigenvalue weighted by atomic mass is 19.1. The maximum Gasteiger partial charge on any atom is 0.192 e. The van der Waals surface area contributed by atoms with Crippen LogP contribution in [0.1, 0.15) is 39.5 Å². The van der Waals surface area contributed by atoms with E-state index in [1.807, 2.05) is 0 Å². The van der Waals surface area contributed by atoms with Crippen molar-refractivity contribution >= 4 is 11.6 Å². The molecule has 0 saturated heterocycles. The van der Waals surface area contributed by atoms with Crippen molar-refractivity contribution in [3.8, 4) is 0 Å². The van der Waals surface area contributed by atoms with Crippen molar-refractivity contribution in [3.05, 3.63) is 23.8 Å². The fraction of sp³-hybridized carbons (Fsp3) is 0.714. The van der Waals surface area contributed by atoms with Crippen molar-refractivity contribution in [2.45, 2.75) is 63.0 Å². The summed E-state index contributed by atoms with van der Waals surface area (Å²) in [6.07, 6.45) is 1.93. The van der Waals surface area contributed by atoms with Gasteiger partial charge in [0.2, 0.25) is 0 Å². The zero-order chi connectivity index (χ0) is 20.7. The fourth-order valence-electron chi connectivity index (χ4n) is 6.85. The monoisotopic (exact) mass is 394 g/mol. The van der Waals surface area contributed by atoms with Crippen LogP contribution in [0.25, 0.3) is 0 Å². The number of Topliss-reactive ketones (excluding diaryl/α,β-unsaturated/α-hetero) is 1. The highest BCUT2D eigenvalue weighted by molar-refractivity contribution is 6.01. The minimum Gasteiger partial charge on any atom is -0.390 e. The first-order valence-corrected chi connectivity index (χ1v) is 9.82. The normalized spacial score (nSPS) is 52.5. The maximum atomic E-state index is 16.8. The Balaban J connectivity index is 1.84. The van der Waals surface area contributed by atoms with Crippen molar-refractivity contribution in [2.75, 3.05) is 6.61 Å². The Labute approximate surface area is 162 Å². The quantitative estimate of drug-likeness (QED) is 0.546. The van der Waals surface area contributed by atoms with Crippen LogP contribution in [0.15, 0.2) is 23.8 Å². The summed E-state index contributed by atoms with van der Waals surface area (Å²) in [4.78, 5) is 24.2. The van der Waals surface area contributed by atoms with Gasteiger partial charge in [0.15, 0.2) is 22.8 Å². The maximum absolute atomic E-state index is 16.8. The Kier molecular flexibility index (Phi) is 4.13. The molecule has 0 bridgehead atoms. The number of halogens is 1. The third kappa shape index (κ3) is 2.01. The third-order valence-corrected chi connectivity index (χ3v) is 8.43. The predicted molar refractivity (Wildman–Crippen MR) is 96.8 cm³/mol.